The van der Waals surface area contributed by atoms with E-state index in [2.05, 4.69) is 19.9 Å². The number of hydrogen-bond donors (Lipinski definition) is 0. The number of hydrogen-bond acceptors (Lipinski definition) is 4. The Morgan fingerprint density at radius 2 is 2.05 bits per heavy atom. The molecule has 0 aliphatic carbocycles. The van der Waals surface area contributed by atoms with E-state index < -0.39 is 0 Å². The highest BCUT2D eigenvalue weighted by molar-refractivity contribution is 8.22. The van der Waals surface area contributed by atoms with Crippen molar-refractivity contribution in [2.24, 2.45) is 5.92 Å². The fraction of sp³-hybridized carbons (Fsp3) is 0.800. The highest BCUT2D eigenvalue weighted by Crippen LogP contribution is 2.36. The van der Waals surface area contributed by atoms with E-state index in [1.807, 2.05) is 23.5 Å². The smallest absolute Gasteiger partial charge is 0.302 e. The van der Waals surface area contributed by atoms with E-state index in [-0.39, 0.29) is 12.1 Å². The van der Waals surface area contributed by atoms with Gasteiger partial charge < -0.3 is 4.74 Å². The standard InChI is InChI=1S/C15H26O2S2/c1-4-5-6-8-14(17-13(3)16)12(2)11-15-18-9-7-10-19-15/h11-12,14H,4-10H2,1-3H3/t12-,14+/m0/s1. The summed E-state index contributed by atoms with van der Waals surface area (Å²) in [5.74, 6) is 2.60. The Morgan fingerprint density at radius 1 is 1.37 bits per heavy atom. The molecular formula is C15H26O2S2. The summed E-state index contributed by atoms with van der Waals surface area (Å²) in [6.07, 6.45) is 8.17. The van der Waals surface area contributed by atoms with Crippen LogP contribution >= 0.6 is 23.5 Å². The molecule has 0 N–H and O–H groups in total. The van der Waals surface area contributed by atoms with Crippen molar-refractivity contribution in [2.75, 3.05) is 11.5 Å². The van der Waals surface area contributed by atoms with Gasteiger partial charge in [0.15, 0.2) is 0 Å². The van der Waals surface area contributed by atoms with Crippen molar-refractivity contribution in [2.45, 2.75) is 59.0 Å². The van der Waals surface area contributed by atoms with Crippen LogP contribution in [0.2, 0.25) is 0 Å². The summed E-state index contributed by atoms with van der Waals surface area (Å²) in [4.78, 5) is 11.2. The van der Waals surface area contributed by atoms with Gasteiger partial charge in [0.05, 0.1) is 0 Å². The molecule has 19 heavy (non-hydrogen) atoms. The lowest BCUT2D eigenvalue weighted by molar-refractivity contribution is -0.148. The van der Waals surface area contributed by atoms with E-state index in [1.165, 1.54) is 41.9 Å². The van der Waals surface area contributed by atoms with Gasteiger partial charge in [-0.3, -0.25) is 4.79 Å². The van der Waals surface area contributed by atoms with Gasteiger partial charge in [-0.2, -0.15) is 0 Å². The summed E-state index contributed by atoms with van der Waals surface area (Å²) in [5, 5.41) is 0. The summed E-state index contributed by atoms with van der Waals surface area (Å²) in [7, 11) is 0. The molecule has 1 fully saturated rings. The minimum absolute atomic E-state index is 0.0414. The minimum atomic E-state index is -0.157. The van der Waals surface area contributed by atoms with Gasteiger partial charge in [0.25, 0.3) is 0 Å². The Labute approximate surface area is 126 Å². The summed E-state index contributed by atoms with van der Waals surface area (Å²) in [5.41, 5.74) is 0. The second kappa shape index (κ2) is 9.76. The molecule has 0 unspecified atom stereocenters. The number of carbonyl (C=O) groups is 1. The van der Waals surface area contributed by atoms with E-state index in [9.17, 15) is 4.79 Å². The van der Waals surface area contributed by atoms with Crippen LogP contribution in [0.1, 0.15) is 52.9 Å². The molecule has 2 nitrogen and oxygen atoms in total. The molecule has 110 valence electrons. The van der Waals surface area contributed by atoms with Crippen molar-refractivity contribution < 1.29 is 9.53 Å². The van der Waals surface area contributed by atoms with Crippen LogP contribution in [0, 0.1) is 5.92 Å². The van der Waals surface area contributed by atoms with Gasteiger partial charge in [0.2, 0.25) is 0 Å². The zero-order valence-electron chi connectivity index (χ0n) is 12.3. The summed E-state index contributed by atoms with van der Waals surface area (Å²) in [6.45, 7) is 5.88. The molecule has 1 aliphatic heterocycles. The van der Waals surface area contributed by atoms with Crippen LogP contribution in [0.15, 0.2) is 10.3 Å². The molecule has 0 spiro atoms. The lowest BCUT2D eigenvalue weighted by atomic mass is 9.99. The number of thioether (sulfide) groups is 2. The fourth-order valence-corrected chi connectivity index (χ4v) is 4.72. The van der Waals surface area contributed by atoms with Gasteiger partial charge in [0.1, 0.15) is 6.10 Å². The van der Waals surface area contributed by atoms with Crippen molar-refractivity contribution in [3.8, 4) is 0 Å². The third-order valence-electron chi connectivity index (χ3n) is 3.17. The molecule has 0 amide bonds. The number of rotatable bonds is 7. The summed E-state index contributed by atoms with van der Waals surface area (Å²) >= 11 is 3.88. The largest absolute Gasteiger partial charge is 0.462 e. The van der Waals surface area contributed by atoms with Crippen LogP contribution < -0.4 is 0 Å². The monoisotopic (exact) mass is 302 g/mol. The molecule has 4 heteroatoms. The number of unbranched alkanes of at least 4 members (excludes halogenated alkanes) is 2. The van der Waals surface area contributed by atoms with Crippen molar-refractivity contribution in [1.29, 1.82) is 0 Å². The number of carbonyl (C=O) groups excluding carboxylic acids is 1. The Hall–Kier alpha value is -0.0900. The first kappa shape index (κ1) is 17.0. The molecule has 0 aromatic heterocycles. The molecule has 0 radical (unpaired) electrons. The molecular weight excluding hydrogens is 276 g/mol. The lowest BCUT2D eigenvalue weighted by Crippen LogP contribution is -2.23. The van der Waals surface area contributed by atoms with E-state index in [0.717, 1.165) is 12.8 Å². The minimum Gasteiger partial charge on any atom is -0.462 e. The maximum atomic E-state index is 11.2. The third-order valence-corrected chi connectivity index (χ3v) is 5.71. The van der Waals surface area contributed by atoms with E-state index in [4.69, 9.17) is 4.74 Å². The Balaban J connectivity index is 2.53. The Bertz CT molecular complexity index is 295. The maximum Gasteiger partial charge on any atom is 0.302 e. The average Bonchev–Trinajstić information content (AvgIpc) is 2.38. The molecule has 0 bridgehead atoms. The summed E-state index contributed by atoms with van der Waals surface area (Å²) < 4.78 is 6.91. The number of esters is 1. The van der Waals surface area contributed by atoms with E-state index in [0.29, 0.717) is 5.92 Å². The van der Waals surface area contributed by atoms with Gasteiger partial charge in [-0.1, -0.05) is 32.8 Å². The third kappa shape index (κ3) is 7.31. The van der Waals surface area contributed by atoms with Crippen molar-refractivity contribution in [3.63, 3.8) is 0 Å². The normalized spacial score (nSPS) is 18.8. The van der Waals surface area contributed by atoms with Gasteiger partial charge in [-0.15, -0.1) is 23.5 Å². The molecule has 1 aliphatic rings. The fourth-order valence-electron chi connectivity index (χ4n) is 2.10. The first-order chi connectivity index (χ1) is 9.13. The number of ether oxygens (including phenoxy) is 1. The van der Waals surface area contributed by atoms with Gasteiger partial charge >= 0.3 is 5.97 Å². The highest BCUT2D eigenvalue weighted by Gasteiger charge is 2.19. The summed E-state index contributed by atoms with van der Waals surface area (Å²) in [6, 6.07) is 0. The van der Waals surface area contributed by atoms with Crippen molar-refractivity contribution in [1.82, 2.24) is 0 Å². The van der Waals surface area contributed by atoms with Crippen molar-refractivity contribution in [3.05, 3.63) is 10.3 Å². The van der Waals surface area contributed by atoms with Crippen LogP contribution in [0.5, 0.6) is 0 Å². The molecule has 1 heterocycles. The van der Waals surface area contributed by atoms with E-state index >= 15 is 0 Å². The van der Waals surface area contributed by atoms with Gasteiger partial charge in [-0.25, -0.2) is 0 Å². The van der Waals surface area contributed by atoms with Crippen LogP contribution in [0.3, 0.4) is 0 Å². The average molecular weight is 303 g/mol. The first-order valence-electron chi connectivity index (χ1n) is 7.28. The molecule has 2 atom stereocenters. The second-order valence-electron chi connectivity index (χ2n) is 5.04. The second-order valence-corrected chi connectivity index (χ2v) is 7.57. The quantitative estimate of drug-likeness (QED) is 0.496. The van der Waals surface area contributed by atoms with Gasteiger partial charge in [-0.05, 0) is 30.8 Å². The van der Waals surface area contributed by atoms with Crippen LogP contribution in [-0.2, 0) is 9.53 Å². The van der Waals surface area contributed by atoms with Crippen molar-refractivity contribution >= 4 is 29.5 Å². The first-order valence-corrected chi connectivity index (χ1v) is 9.25. The van der Waals surface area contributed by atoms with E-state index in [1.54, 1.807) is 0 Å². The predicted octanol–water partition coefficient (Wildman–Crippen LogP) is 4.85. The lowest BCUT2D eigenvalue weighted by Gasteiger charge is -2.23. The predicted molar refractivity (Wildman–Crippen MR) is 86.5 cm³/mol. The molecule has 0 aromatic carbocycles. The maximum absolute atomic E-state index is 11.2. The molecule has 0 aromatic rings. The zero-order chi connectivity index (χ0) is 14.1. The molecule has 1 saturated heterocycles. The van der Waals surface area contributed by atoms with Crippen LogP contribution in [0.4, 0.5) is 0 Å². The topological polar surface area (TPSA) is 26.3 Å². The molecule has 1 rings (SSSR count). The zero-order valence-corrected chi connectivity index (χ0v) is 13.9. The van der Waals surface area contributed by atoms with Gasteiger partial charge in [0, 0.05) is 17.1 Å². The highest BCUT2D eigenvalue weighted by atomic mass is 32.2. The Morgan fingerprint density at radius 3 is 2.63 bits per heavy atom. The Kier molecular flexibility index (Phi) is 8.71. The molecule has 0 saturated carbocycles. The van der Waals surface area contributed by atoms with Crippen LogP contribution in [-0.4, -0.2) is 23.6 Å². The van der Waals surface area contributed by atoms with Crippen LogP contribution in [0.25, 0.3) is 0 Å². The SMILES string of the molecule is CCCCC[C@@H](OC(C)=O)[C@@H](C)C=C1SCCCS1.